The van der Waals surface area contributed by atoms with Gasteiger partial charge in [0, 0.05) is 31.4 Å². The number of aromatic nitrogens is 1. The van der Waals surface area contributed by atoms with Gasteiger partial charge in [-0.3, -0.25) is 0 Å². The van der Waals surface area contributed by atoms with Crippen LogP contribution >= 0.6 is 11.6 Å². The number of piperidine rings is 1. The largest absolute Gasteiger partial charge is 0.573 e. The van der Waals surface area contributed by atoms with E-state index in [9.17, 15) is 18.0 Å². The van der Waals surface area contributed by atoms with E-state index in [4.69, 9.17) is 21.1 Å². The number of rotatable bonds is 5. The standard InChI is InChI=1S/C22H25ClF3N3O4/c1-21(2,3)33-20(30)28-14-9-12-29(13-10-14)19-18(23)17(8-11-27-19)31-15-4-6-16(7-5-15)32-22(24,25)26/h4-8,11,14H,9-10,12-13H2,1-3H3,(H,28,30). The van der Waals surface area contributed by atoms with Gasteiger partial charge in [0.05, 0.1) is 0 Å². The summed E-state index contributed by atoms with van der Waals surface area (Å²) in [5, 5.41) is 3.16. The summed E-state index contributed by atoms with van der Waals surface area (Å²) in [5.74, 6) is 0.796. The number of carbonyl (C=O) groups is 1. The van der Waals surface area contributed by atoms with Gasteiger partial charge in [0.1, 0.15) is 22.1 Å². The summed E-state index contributed by atoms with van der Waals surface area (Å²) in [5.41, 5.74) is -0.561. The van der Waals surface area contributed by atoms with Gasteiger partial charge >= 0.3 is 12.5 Å². The van der Waals surface area contributed by atoms with Gasteiger partial charge in [-0.15, -0.1) is 13.2 Å². The number of hydrogen-bond donors (Lipinski definition) is 1. The predicted octanol–water partition coefficient (Wildman–Crippen LogP) is 5.92. The minimum absolute atomic E-state index is 0.0215. The van der Waals surface area contributed by atoms with Crippen LogP contribution in [0.2, 0.25) is 5.02 Å². The Kier molecular flexibility index (Phi) is 7.46. The molecule has 33 heavy (non-hydrogen) atoms. The maximum Gasteiger partial charge on any atom is 0.573 e. The van der Waals surface area contributed by atoms with Gasteiger partial charge < -0.3 is 24.4 Å². The summed E-state index contributed by atoms with van der Waals surface area (Å²) >= 11 is 6.51. The first-order valence-corrected chi connectivity index (χ1v) is 10.7. The average molecular weight is 488 g/mol. The first-order chi connectivity index (χ1) is 15.4. The van der Waals surface area contributed by atoms with Gasteiger partial charge in [0.2, 0.25) is 0 Å². The number of ether oxygens (including phenoxy) is 3. The number of benzene rings is 1. The molecule has 0 bridgehead atoms. The van der Waals surface area contributed by atoms with Crippen LogP contribution in [0.15, 0.2) is 36.5 Å². The molecule has 0 spiro atoms. The lowest BCUT2D eigenvalue weighted by Crippen LogP contribution is -2.46. The minimum Gasteiger partial charge on any atom is -0.456 e. The maximum atomic E-state index is 12.3. The van der Waals surface area contributed by atoms with Crippen LogP contribution in [0.25, 0.3) is 0 Å². The summed E-state index contributed by atoms with van der Waals surface area (Å²) in [4.78, 5) is 18.3. The van der Waals surface area contributed by atoms with Crippen molar-refractivity contribution >= 4 is 23.5 Å². The van der Waals surface area contributed by atoms with E-state index >= 15 is 0 Å². The van der Waals surface area contributed by atoms with E-state index in [0.717, 1.165) is 12.1 Å². The highest BCUT2D eigenvalue weighted by Crippen LogP contribution is 2.37. The number of nitrogens with one attached hydrogen (secondary N) is 1. The lowest BCUT2D eigenvalue weighted by atomic mass is 10.1. The Hall–Kier alpha value is -2.88. The van der Waals surface area contributed by atoms with Crippen LogP contribution < -0.4 is 19.7 Å². The fourth-order valence-corrected chi connectivity index (χ4v) is 3.53. The van der Waals surface area contributed by atoms with Crippen molar-refractivity contribution in [3.63, 3.8) is 0 Å². The highest BCUT2D eigenvalue weighted by Gasteiger charge is 2.31. The molecule has 1 saturated heterocycles. The van der Waals surface area contributed by atoms with Crippen LogP contribution in [0.1, 0.15) is 33.6 Å². The molecule has 2 aromatic rings. The Labute approximate surface area is 194 Å². The van der Waals surface area contributed by atoms with E-state index in [1.165, 1.54) is 12.1 Å². The molecule has 1 aliphatic rings. The molecule has 0 unspecified atom stereocenters. The molecule has 180 valence electrons. The number of pyridine rings is 1. The van der Waals surface area contributed by atoms with E-state index < -0.39 is 18.1 Å². The highest BCUT2D eigenvalue weighted by molar-refractivity contribution is 6.34. The number of alkyl halides is 3. The number of nitrogens with zero attached hydrogens (tertiary/aromatic N) is 2. The number of amides is 1. The van der Waals surface area contributed by atoms with E-state index in [-0.39, 0.29) is 16.8 Å². The third kappa shape index (κ3) is 7.59. The molecule has 0 atom stereocenters. The zero-order valence-electron chi connectivity index (χ0n) is 18.4. The van der Waals surface area contributed by atoms with E-state index in [2.05, 4.69) is 15.0 Å². The van der Waals surface area contributed by atoms with Gasteiger partial charge in [-0.2, -0.15) is 0 Å². The molecule has 11 heteroatoms. The SMILES string of the molecule is CC(C)(C)OC(=O)NC1CCN(c2nccc(Oc3ccc(OC(F)(F)F)cc3)c2Cl)CC1. The van der Waals surface area contributed by atoms with Gasteiger partial charge in [0.15, 0.2) is 11.6 Å². The monoisotopic (exact) mass is 487 g/mol. The molecule has 1 aliphatic heterocycles. The zero-order chi connectivity index (χ0) is 24.2. The second-order valence-electron chi connectivity index (χ2n) is 8.48. The molecule has 3 rings (SSSR count). The van der Waals surface area contributed by atoms with Crippen LogP contribution in [0.4, 0.5) is 23.8 Å². The molecule has 1 amide bonds. The normalized spacial score (nSPS) is 15.2. The topological polar surface area (TPSA) is 72.9 Å². The Morgan fingerprint density at radius 2 is 1.70 bits per heavy atom. The van der Waals surface area contributed by atoms with Gasteiger partial charge in [-0.05, 0) is 57.9 Å². The molecule has 0 radical (unpaired) electrons. The number of alkyl carbamates (subject to hydrolysis) is 1. The number of carbonyl (C=O) groups excluding carboxylic acids is 1. The van der Waals surface area contributed by atoms with E-state index in [1.54, 1.807) is 12.3 Å². The smallest absolute Gasteiger partial charge is 0.456 e. The molecule has 1 aromatic carbocycles. The number of anilines is 1. The van der Waals surface area contributed by atoms with E-state index in [0.29, 0.717) is 43.2 Å². The first kappa shape index (κ1) is 24.8. The molecule has 1 N–H and O–H groups in total. The van der Waals surface area contributed by atoms with Crippen LogP contribution in [-0.4, -0.2) is 42.2 Å². The zero-order valence-corrected chi connectivity index (χ0v) is 19.2. The first-order valence-electron chi connectivity index (χ1n) is 10.3. The Bertz CT molecular complexity index is 957. The highest BCUT2D eigenvalue weighted by atomic mass is 35.5. The van der Waals surface area contributed by atoms with Gasteiger partial charge in [0.25, 0.3) is 0 Å². The van der Waals surface area contributed by atoms with E-state index in [1.807, 2.05) is 25.7 Å². The lowest BCUT2D eigenvalue weighted by Gasteiger charge is -2.34. The van der Waals surface area contributed by atoms with Gasteiger partial charge in [-0.25, -0.2) is 9.78 Å². The van der Waals surface area contributed by atoms with Crippen LogP contribution in [-0.2, 0) is 4.74 Å². The van der Waals surface area contributed by atoms with Crippen molar-refractivity contribution in [1.29, 1.82) is 0 Å². The fourth-order valence-electron chi connectivity index (χ4n) is 3.26. The third-order valence-electron chi connectivity index (χ3n) is 4.64. The Balaban J connectivity index is 1.60. The Morgan fingerprint density at radius 3 is 2.27 bits per heavy atom. The van der Waals surface area contributed by atoms with Crippen LogP contribution in [0, 0.1) is 0 Å². The van der Waals surface area contributed by atoms with Crippen molar-refractivity contribution in [2.45, 2.75) is 51.6 Å². The molecule has 2 heterocycles. The summed E-state index contributed by atoms with van der Waals surface area (Å²) in [6.07, 6.45) is -2.30. The maximum absolute atomic E-state index is 12.3. The predicted molar refractivity (Wildman–Crippen MR) is 117 cm³/mol. The second-order valence-corrected chi connectivity index (χ2v) is 8.85. The van der Waals surface area contributed by atoms with Crippen molar-refractivity contribution in [3.8, 4) is 17.2 Å². The molecular formula is C22H25ClF3N3O4. The van der Waals surface area contributed by atoms with Crippen LogP contribution in [0.5, 0.6) is 17.2 Å². The van der Waals surface area contributed by atoms with Crippen molar-refractivity contribution < 1.29 is 32.2 Å². The molecular weight excluding hydrogens is 463 g/mol. The fraction of sp³-hybridized carbons (Fsp3) is 0.455. The third-order valence-corrected chi connectivity index (χ3v) is 4.99. The van der Waals surface area contributed by atoms with Crippen molar-refractivity contribution in [3.05, 3.63) is 41.6 Å². The number of hydrogen-bond acceptors (Lipinski definition) is 6. The molecule has 7 nitrogen and oxygen atoms in total. The molecule has 1 fully saturated rings. The second kappa shape index (κ2) is 9.94. The Morgan fingerprint density at radius 1 is 1.09 bits per heavy atom. The average Bonchev–Trinajstić information content (AvgIpc) is 2.69. The quantitative estimate of drug-likeness (QED) is 0.564. The minimum atomic E-state index is -4.76. The summed E-state index contributed by atoms with van der Waals surface area (Å²) in [6, 6.07) is 6.56. The molecule has 0 aliphatic carbocycles. The molecule has 1 aromatic heterocycles. The summed E-state index contributed by atoms with van der Waals surface area (Å²) in [7, 11) is 0. The van der Waals surface area contributed by atoms with Gasteiger partial charge in [-0.1, -0.05) is 11.6 Å². The molecule has 0 saturated carbocycles. The summed E-state index contributed by atoms with van der Waals surface area (Å²) in [6.45, 7) is 6.65. The lowest BCUT2D eigenvalue weighted by molar-refractivity contribution is -0.274. The van der Waals surface area contributed by atoms with Crippen molar-refractivity contribution in [2.75, 3.05) is 18.0 Å². The van der Waals surface area contributed by atoms with Crippen molar-refractivity contribution in [1.82, 2.24) is 10.3 Å². The van der Waals surface area contributed by atoms with Crippen molar-refractivity contribution in [2.24, 2.45) is 0 Å². The number of halogens is 4. The summed E-state index contributed by atoms with van der Waals surface area (Å²) < 4.78 is 51.8. The van der Waals surface area contributed by atoms with Crippen LogP contribution in [0.3, 0.4) is 0 Å².